The van der Waals surface area contributed by atoms with Crippen LogP contribution in [0.3, 0.4) is 0 Å². The van der Waals surface area contributed by atoms with Crippen LogP contribution in [0.4, 0.5) is 11.6 Å². The van der Waals surface area contributed by atoms with Crippen molar-refractivity contribution in [2.75, 3.05) is 23.5 Å². The van der Waals surface area contributed by atoms with Gasteiger partial charge in [-0.05, 0) is 42.5 Å². The van der Waals surface area contributed by atoms with Crippen molar-refractivity contribution in [3.05, 3.63) is 70.4 Å². The molecule has 0 saturated heterocycles. The summed E-state index contributed by atoms with van der Waals surface area (Å²) < 4.78 is 7.14. The van der Waals surface area contributed by atoms with Crippen LogP contribution in [0.25, 0.3) is 0 Å². The highest BCUT2D eigenvalue weighted by Crippen LogP contribution is 2.37. The molecule has 0 bridgehead atoms. The zero-order valence-corrected chi connectivity index (χ0v) is 18.9. The molecule has 9 heteroatoms. The number of halogens is 1. The van der Waals surface area contributed by atoms with E-state index in [0.717, 1.165) is 11.3 Å². The highest BCUT2D eigenvalue weighted by molar-refractivity contribution is 7.99. The third-order valence-electron chi connectivity index (χ3n) is 4.89. The van der Waals surface area contributed by atoms with Gasteiger partial charge in [-0.1, -0.05) is 54.6 Å². The number of aromatic nitrogens is 3. The summed E-state index contributed by atoms with van der Waals surface area (Å²) in [6.45, 7) is 3.91. The summed E-state index contributed by atoms with van der Waals surface area (Å²) in [6, 6.07) is 14.3. The van der Waals surface area contributed by atoms with Crippen molar-refractivity contribution in [2.45, 2.75) is 25.0 Å². The number of amides is 1. The van der Waals surface area contributed by atoms with Gasteiger partial charge in [-0.25, -0.2) is 4.68 Å². The lowest BCUT2D eigenvalue weighted by Gasteiger charge is -2.28. The molecule has 2 heterocycles. The topological polar surface area (TPSA) is 81.1 Å². The van der Waals surface area contributed by atoms with Crippen molar-refractivity contribution < 1.29 is 9.53 Å². The Bertz CT molecular complexity index is 1140. The van der Waals surface area contributed by atoms with Gasteiger partial charge in [0, 0.05) is 10.7 Å². The molecule has 1 aliphatic heterocycles. The Labute approximate surface area is 189 Å². The van der Waals surface area contributed by atoms with E-state index in [1.165, 1.54) is 0 Å². The third-order valence-corrected chi connectivity index (χ3v) is 5.86. The van der Waals surface area contributed by atoms with Crippen molar-refractivity contribution in [3.8, 4) is 5.75 Å². The number of carbonyl (C=O) groups excluding carboxylic acids is 1. The number of nitrogens with zero attached hydrogens (tertiary/aromatic N) is 3. The number of anilines is 2. The van der Waals surface area contributed by atoms with Crippen molar-refractivity contribution in [1.82, 2.24) is 14.8 Å². The first-order valence-corrected chi connectivity index (χ1v) is 11.1. The summed E-state index contributed by atoms with van der Waals surface area (Å²) >= 11 is 7.66. The van der Waals surface area contributed by atoms with Crippen LogP contribution in [0.5, 0.6) is 5.75 Å². The molecule has 0 spiro atoms. The van der Waals surface area contributed by atoms with E-state index in [9.17, 15) is 4.79 Å². The summed E-state index contributed by atoms with van der Waals surface area (Å²) in [7, 11) is 1.57. The van der Waals surface area contributed by atoms with Crippen LogP contribution < -0.4 is 15.4 Å². The Balaban J connectivity index is 1.78. The number of allylic oxidation sites excluding steroid dienone is 1. The van der Waals surface area contributed by atoms with Gasteiger partial charge in [-0.2, -0.15) is 4.98 Å². The van der Waals surface area contributed by atoms with Crippen LogP contribution in [-0.4, -0.2) is 33.5 Å². The van der Waals surface area contributed by atoms with Crippen LogP contribution in [0.2, 0.25) is 5.02 Å². The predicted molar refractivity (Wildman–Crippen MR) is 124 cm³/mol. The maximum atomic E-state index is 13.5. The smallest absolute Gasteiger partial charge is 0.255 e. The molecule has 0 radical (unpaired) electrons. The molecule has 160 valence electrons. The van der Waals surface area contributed by atoms with Gasteiger partial charge in [0.15, 0.2) is 0 Å². The predicted octanol–water partition coefficient (Wildman–Crippen LogP) is 4.98. The fourth-order valence-electron chi connectivity index (χ4n) is 3.51. The van der Waals surface area contributed by atoms with E-state index in [4.69, 9.17) is 16.3 Å². The van der Waals surface area contributed by atoms with Gasteiger partial charge in [0.2, 0.25) is 11.1 Å². The van der Waals surface area contributed by atoms with Gasteiger partial charge in [0.25, 0.3) is 5.91 Å². The van der Waals surface area contributed by atoms with Crippen LogP contribution in [-0.2, 0) is 4.79 Å². The van der Waals surface area contributed by atoms with Gasteiger partial charge in [0.1, 0.15) is 11.8 Å². The molecule has 7 nitrogen and oxygen atoms in total. The number of methoxy groups -OCH3 is 1. The number of fused-ring (bicyclic) bond motifs is 1. The van der Waals surface area contributed by atoms with Crippen molar-refractivity contribution in [3.63, 3.8) is 0 Å². The molecule has 1 aliphatic rings. The van der Waals surface area contributed by atoms with E-state index in [1.54, 1.807) is 35.7 Å². The Morgan fingerprint density at radius 2 is 2.00 bits per heavy atom. The van der Waals surface area contributed by atoms with Crippen LogP contribution >= 0.6 is 23.4 Å². The molecule has 0 saturated carbocycles. The fraction of sp³-hybridized carbons (Fsp3) is 0.227. The third kappa shape index (κ3) is 4.26. The molecule has 0 aliphatic carbocycles. The number of ether oxygens (including phenoxy) is 1. The van der Waals surface area contributed by atoms with Crippen molar-refractivity contribution in [1.29, 1.82) is 0 Å². The number of benzene rings is 2. The fourth-order valence-corrected chi connectivity index (χ4v) is 4.19. The van der Waals surface area contributed by atoms with Gasteiger partial charge in [0.05, 0.1) is 18.4 Å². The molecular weight excluding hydrogens is 434 g/mol. The summed E-state index contributed by atoms with van der Waals surface area (Å²) in [4.78, 5) is 18.1. The van der Waals surface area contributed by atoms with Gasteiger partial charge >= 0.3 is 0 Å². The van der Waals surface area contributed by atoms with E-state index in [-0.39, 0.29) is 5.91 Å². The van der Waals surface area contributed by atoms with E-state index in [0.29, 0.717) is 38.8 Å². The van der Waals surface area contributed by atoms with E-state index in [1.807, 2.05) is 50.2 Å². The molecule has 1 aromatic heterocycles. The molecule has 31 heavy (non-hydrogen) atoms. The summed E-state index contributed by atoms with van der Waals surface area (Å²) in [5.41, 5.74) is 2.73. The van der Waals surface area contributed by atoms with Crippen molar-refractivity contribution in [2.24, 2.45) is 0 Å². The Morgan fingerprint density at radius 1 is 1.26 bits per heavy atom. The summed E-state index contributed by atoms with van der Waals surface area (Å²) in [5, 5.41) is 12.2. The zero-order chi connectivity index (χ0) is 22.0. The average Bonchev–Trinajstić information content (AvgIpc) is 3.16. The average molecular weight is 456 g/mol. The highest BCUT2D eigenvalue weighted by Gasteiger charge is 2.34. The Morgan fingerprint density at radius 3 is 2.71 bits per heavy atom. The first kappa shape index (κ1) is 21.3. The maximum absolute atomic E-state index is 13.5. The largest absolute Gasteiger partial charge is 0.495 e. The number of rotatable bonds is 6. The van der Waals surface area contributed by atoms with E-state index in [2.05, 4.69) is 20.7 Å². The van der Waals surface area contributed by atoms with Gasteiger partial charge in [-0.3, -0.25) is 4.79 Å². The number of nitrogens with one attached hydrogen (secondary N) is 2. The second-order valence-corrected chi connectivity index (χ2v) is 8.54. The standard InChI is InChI=1S/C22H22ClN5O2S/c1-4-31-22-26-21-24-13(2)18(20(29)25-16-7-5-6-8-17(16)30-3)19(28(21)27-22)14-9-11-15(23)12-10-14/h5-12,19H,4H2,1-3H3,(H,25,29)(H,24,26,27)/t19-/m0/s1. The normalized spacial score (nSPS) is 15.3. The van der Waals surface area contributed by atoms with Gasteiger partial charge < -0.3 is 15.4 Å². The molecule has 2 N–H and O–H groups in total. The molecule has 3 aromatic rings. The second kappa shape index (κ2) is 9.03. The molecule has 1 atom stereocenters. The first-order valence-electron chi connectivity index (χ1n) is 9.78. The number of hydrogen-bond acceptors (Lipinski definition) is 6. The molecule has 0 fully saturated rings. The minimum Gasteiger partial charge on any atom is -0.495 e. The van der Waals surface area contributed by atoms with E-state index < -0.39 is 6.04 Å². The van der Waals surface area contributed by atoms with Gasteiger partial charge in [-0.15, -0.1) is 5.10 Å². The van der Waals surface area contributed by atoms with Crippen molar-refractivity contribution >= 4 is 40.9 Å². The zero-order valence-electron chi connectivity index (χ0n) is 17.3. The number of para-hydroxylation sites is 2. The lowest BCUT2D eigenvalue weighted by molar-refractivity contribution is -0.113. The van der Waals surface area contributed by atoms with Crippen LogP contribution in [0.1, 0.15) is 25.5 Å². The molecule has 2 aromatic carbocycles. The molecule has 4 rings (SSSR count). The maximum Gasteiger partial charge on any atom is 0.255 e. The number of carbonyl (C=O) groups is 1. The SMILES string of the molecule is CCSc1nc2n(n1)[C@@H](c1ccc(Cl)cc1)C(C(=O)Nc1ccccc1OC)=C(C)N2. The minimum atomic E-state index is -0.457. The van der Waals surface area contributed by atoms with Crippen LogP contribution in [0.15, 0.2) is 65.0 Å². The highest BCUT2D eigenvalue weighted by atomic mass is 35.5. The number of thioether (sulfide) groups is 1. The Hall–Kier alpha value is -2.97. The Kier molecular flexibility index (Phi) is 6.20. The monoisotopic (exact) mass is 455 g/mol. The summed E-state index contributed by atoms with van der Waals surface area (Å²) in [5.74, 6) is 1.79. The quantitative estimate of drug-likeness (QED) is 0.510. The van der Waals surface area contributed by atoms with Crippen LogP contribution in [0, 0.1) is 0 Å². The summed E-state index contributed by atoms with van der Waals surface area (Å²) in [6.07, 6.45) is 0. The minimum absolute atomic E-state index is 0.250. The lowest BCUT2D eigenvalue weighted by Crippen LogP contribution is -2.31. The molecular formula is C22H22ClN5O2S. The number of hydrogen-bond donors (Lipinski definition) is 2. The second-order valence-electron chi connectivity index (χ2n) is 6.87. The molecule has 1 amide bonds. The van der Waals surface area contributed by atoms with E-state index >= 15 is 0 Å². The lowest BCUT2D eigenvalue weighted by atomic mass is 9.95. The first-order chi connectivity index (χ1) is 15.0. The molecule has 0 unspecified atom stereocenters.